The van der Waals surface area contributed by atoms with E-state index in [0.717, 1.165) is 11.1 Å². The number of Topliss-reactive ketones (excluding diaryl/α,β-unsaturated/α-hetero) is 2. The summed E-state index contributed by atoms with van der Waals surface area (Å²) < 4.78 is 7.69. The highest BCUT2D eigenvalue weighted by Crippen LogP contribution is 2.33. The first-order chi connectivity index (χ1) is 18.4. The summed E-state index contributed by atoms with van der Waals surface area (Å²) in [6, 6.07) is 28.1. The van der Waals surface area contributed by atoms with Gasteiger partial charge in [0.2, 0.25) is 11.6 Å². The molecular weight excluding hydrogens is 625 g/mol. The van der Waals surface area contributed by atoms with Gasteiger partial charge in [0.1, 0.15) is 23.0 Å². The van der Waals surface area contributed by atoms with E-state index in [-0.39, 0.29) is 11.1 Å². The normalized spacial score (nSPS) is 11.6. The van der Waals surface area contributed by atoms with Crippen molar-refractivity contribution < 1.29 is 19.1 Å². The van der Waals surface area contributed by atoms with E-state index in [1.165, 1.54) is 0 Å². The summed E-state index contributed by atoms with van der Waals surface area (Å²) >= 11 is 33.9. The zero-order chi connectivity index (χ0) is 28.2. The molecule has 0 saturated heterocycles. The van der Waals surface area contributed by atoms with Gasteiger partial charge in [-0.25, -0.2) is 0 Å². The minimum atomic E-state index is -2.00. The lowest BCUT2D eigenvalue weighted by Gasteiger charge is -2.11. The highest BCUT2D eigenvalue weighted by Gasteiger charge is 2.32. The SMILES string of the molecule is O=C(c1ccc(Oc2ccc(Cc3ccc(Oc4ccc(C(=O)C(Cl)(Cl)Cl)cc4)cc3)cc2)cc1)C(Cl)(Cl)Cl. The van der Waals surface area contributed by atoms with E-state index < -0.39 is 19.2 Å². The molecule has 0 N–H and O–H groups in total. The van der Waals surface area contributed by atoms with Crippen molar-refractivity contribution in [1.29, 1.82) is 0 Å². The van der Waals surface area contributed by atoms with Gasteiger partial charge in [0.05, 0.1) is 0 Å². The van der Waals surface area contributed by atoms with Gasteiger partial charge in [-0.05, 0) is 90.3 Å². The van der Waals surface area contributed by atoms with Crippen LogP contribution in [0, 0.1) is 0 Å². The molecule has 10 heteroatoms. The van der Waals surface area contributed by atoms with Crippen molar-refractivity contribution in [2.45, 2.75) is 14.0 Å². The number of benzene rings is 4. The largest absolute Gasteiger partial charge is 0.457 e. The topological polar surface area (TPSA) is 52.6 Å². The summed E-state index contributed by atoms with van der Waals surface area (Å²) in [6.07, 6.45) is 0.711. The van der Waals surface area contributed by atoms with Crippen molar-refractivity contribution in [3.05, 3.63) is 119 Å². The fourth-order valence-electron chi connectivity index (χ4n) is 3.53. The van der Waals surface area contributed by atoms with Crippen LogP contribution >= 0.6 is 69.6 Å². The minimum absolute atomic E-state index is 0.278. The Labute approximate surface area is 255 Å². The number of hydrogen-bond donors (Lipinski definition) is 0. The van der Waals surface area contributed by atoms with Gasteiger partial charge in [0.25, 0.3) is 7.59 Å². The standard InChI is InChI=1S/C29H18Cl6O4/c30-28(31,32)26(36)20-5-13-24(14-6-20)38-22-9-1-18(2-10-22)17-19-3-11-23(12-4-19)39-25-15-7-21(8-16-25)27(37)29(33,34)35/h1-16H,17H2. The smallest absolute Gasteiger partial charge is 0.253 e. The van der Waals surface area contributed by atoms with Crippen LogP contribution in [0.25, 0.3) is 0 Å². The predicted molar refractivity (Wildman–Crippen MR) is 158 cm³/mol. The monoisotopic (exact) mass is 640 g/mol. The van der Waals surface area contributed by atoms with Crippen molar-refractivity contribution >= 4 is 81.2 Å². The molecule has 0 bridgehead atoms. The Balaban J connectivity index is 1.32. The molecule has 39 heavy (non-hydrogen) atoms. The second-order valence-corrected chi connectivity index (χ2v) is 12.9. The molecule has 0 amide bonds. The predicted octanol–water partition coefficient (Wildman–Crippen LogP) is 9.97. The molecule has 0 spiro atoms. The number of hydrogen-bond acceptors (Lipinski definition) is 4. The highest BCUT2D eigenvalue weighted by molar-refractivity contribution is 6.78. The summed E-state index contributed by atoms with van der Waals surface area (Å²) in [7, 11) is 0. The summed E-state index contributed by atoms with van der Waals surface area (Å²) in [6.45, 7) is 0. The van der Waals surface area contributed by atoms with Gasteiger partial charge in [-0.1, -0.05) is 93.9 Å². The molecular formula is C29H18Cl6O4. The second-order valence-electron chi connectivity index (χ2n) is 8.37. The van der Waals surface area contributed by atoms with Gasteiger partial charge in [0.15, 0.2) is 0 Å². The average molecular weight is 643 g/mol. The quantitative estimate of drug-likeness (QED) is 0.142. The Morgan fingerprint density at radius 3 is 0.974 bits per heavy atom. The number of halogens is 6. The lowest BCUT2D eigenvalue weighted by molar-refractivity contribution is 0.0988. The van der Waals surface area contributed by atoms with Crippen molar-refractivity contribution in [2.75, 3.05) is 0 Å². The number of rotatable bonds is 8. The molecule has 0 aromatic heterocycles. The molecule has 0 fully saturated rings. The van der Waals surface area contributed by atoms with E-state index in [2.05, 4.69) is 0 Å². The molecule has 0 atom stereocenters. The molecule has 0 aliphatic rings. The fraction of sp³-hybridized carbons (Fsp3) is 0.103. The maximum Gasteiger partial charge on any atom is 0.253 e. The van der Waals surface area contributed by atoms with Crippen LogP contribution in [0.2, 0.25) is 0 Å². The van der Waals surface area contributed by atoms with Crippen molar-refractivity contribution in [3.63, 3.8) is 0 Å². The Bertz CT molecular complexity index is 1330. The van der Waals surface area contributed by atoms with E-state index >= 15 is 0 Å². The van der Waals surface area contributed by atoms with Crippen LogP contribution in [0.3, 0.4) is 0 Å². The first kappa shape index (κ1) is 29.5. The van der Waals surface area contributed by atoms with Gasteiger partial charge in [0, 0.05) is 11.1 Å². The molecule has 0 aliphatic heterocycles. The number of alkyl halides is 6. The minimum Gasteiger partial charge on any atom is -0.457 e. The summed E-state index contributed by atoms with van der Waals surface area (Å²) in [4.78, 5) is 24.0. The summed E-state index contributed by atoms with van der Waals surface area (Å²) in [5.41, 5.74) is 2.74. The molecule has 0 heterocycles. The Hall–Kier alpha value is -2.44. The number of carbonyl (C=O) groups is 2. The third kappa shape index (κ3) is 8.28. The fourth-order valence-corrected chi connectivity index (χ4v) is 4.19. The molecule has 4 aromatic carbocycles. The van der Waals surface area contributed by atoms with E-state index in [9.17, 15) is 9.59 Å². The Morgan fingerprint density at radius 1 is 0.462 bits per heavy atom. The van der Waals surface area contributed by atoms with E-state index in [4.69, 9.17) is 79.1 Å². The molecule has 0 unspecified atom stereocenters. The third-order valence-electron chi connectivity index (χ3n) is 5.47. The Morgan fingerprint density at radius 2 is 0.718 bits per heavy atom. The maximum atomic E-state index is 12.0. The number of ketones is 2. The summed E-state index contributed by atoms with van der Waals surface area (Å²) in [5.74, 6) is 1.17. The zero-order valence-electron chi connectivity index (χ0n) is 19.8. The Kier molecular flexibility index (Phi) is 9.38. The lowest BCUT2D eigenvalue weighted by Crippen LogP contribution is -2.18. The molecule has 0 saturated carbocycles. The second kappa shape index (κ2) is 12.4. The molecule has 4 nitrogen and oxygen atoms in total. The molecule has 0 radical (unpaired) electrons. The van der Waals surface area contributed by atoms with Crippen LogP contribution in [-0.4, -0.2) is 19.2 Å². The van der Waals surface area contributed by atoms with Crippen molar-refractivity contribution in [3.8, 4) is 23.0 Å². The maximum absolute atomic E-state index is 12.0. The molecule has 4 aromatic rings. The third-order valence-corrected chi connectivity index (χ3v) is 6.50. The van der Waals surface area contributed by atoms with E-state index in [1.54, 1.807) is 48.5 Å². The molecule has 4 rings (SSSR count). The van der Waals surface area contributed by atoms with Gasteiger partial charge in [-0.3, -0.25) is 9.59 Å². The van der Waals surface area contributed by atoms with Crippen LogP contribution < -0.4 is 9.47 Å². The average Bonchev–Trinajstić information content (AvgIpc) is 2.90. The van der Waals surface area contributed by atoms with Crippen molar-refractivity contribution in [1.82, 2.24) is 0 Å². The highest BCUT2D eigenvalue weighted by atomic mass is 35.6. The van der Waals surface area contributed by atoms with Gasteiger partial charge in [-0.15, -0.1) is 0 Å². The van der Waals surface area contributed by atoms with Crippen LogP contribution in [-0.2, 0) is 6.42 Å². The van der Waals surface area contributed by atoms with Crippen LogP contribution in [0.5, 0.6) is 23.0 Å². The van der Waals surface area contributed by atoms with Gasteiger partial charge >= 0.3 is 0 Å². The van der Waals surface area contributed by atoms with Crippen LogP contribution in [0.15, 0.2) is 97.1 Å². The van der Waals surface area contributed by atoms with E-state index in [0.29, 0.717) is 29.4 Å². The van der Waals surface area contributed by atoms with E-state index in [1.807, 2.05) is 48.5 Å². The first-order valence-corrected chi connectivity index (χ1v) is 13.6. The lowest BCUT2D eigenvalue weighted by atomic mass is 10.0. The summed E-state index contributed by atoms with van der Waals surface area (Å²) in [5, 5.41) is 0. The van der Waals surface area contributed by atoms with Gasteiger partial charge < -0.3 is 9.47 Å². The zero-order valence-corrected chi connectivity index (χ0v) is 24.4. The number of ether oxygens (including phenoxy) is 2. The molecule has 0 aliphatic carbocycles. The molecule has 200 valence electrons. The van der Waals surface area contributed by atoms with Crippen molar-refractivity contribution in [2.24, 2.45) is 0 Å². The first-order valence-electron chi connectivity index (χ1n) is 11.4. The van der Waals surface area contributed by atoms with Gasteiger partial charge in [-0.2, -0.15) is 0 Å². The van der Waals surface area contributed by atoms with Crippen LogP contribution in [0.4, 0.5) is 0 Å². The number of carbonyl (C=O) groups excluding carboxylic acids is 2. The van der Waals surface area contributed by atoms with Crippen LogP contribution in [0.1, 0.15) is 31.8 Å².